The number of halogens is 3. The van der Waals surface area contributed by atoms with Crippen LogP contribution >= 0.6 is 34.8 Å². The molecular weight excluding hydrogens is 459 g/mol. The molecule has 31 heavy (non-hydrogen) atoms. The Bertz CT molecular complexity index is 1100. The molecule has 0 saturated carbocycles. The minimum absolute atomic E-state index is 0.187. The predicted molar refractivity (Wildman–Crippen MR) is 127 cm³/mol. The maximum atomic E-state index is 12.2. The Morgan fingerprint density at radius 3 is 2.68 bits per heavy atom. The van der Waals surface area contributed by atoms with E-state index in [2.05, 4.69) is 17.5 Å². The molecule has 3 rings (SSSR count). The predicted octanol–water partition coefficient (Wildman–Crippen LogP) is 6.51. The molecule has 3 aromatic rings. The number of nitrogens with one attached hydrogen (secondary N) is 1. The zero-order valence-corrected chi connectivity index (χ0v) is 19.1. The van der Waals surface area contributed by atoms with Gasteiger partial charge in [0.1, 0.15) is 16.5 Å². The lowest BCUT2D eigenvalue weighted by atomic mass is 10.0. The van der Waals surface area contributed by atoms with E-state index in [0.29, 0.717) is 17.4 Å². The Balaban J connectivity index is 1.69. The molecular formula is C23H21Cl3N2O3. The van der Waals surface area contributed by atoms with E-state index in [1.54, 1.807) is 6.21 Å². The van der Waals surface area contributed by atoms with Gasteiger partial charge in [-0.15, -0.1) is 0 Å². The molecule has 162 valence electrons. The van der Waals surface area contributed by atoms with Crippen LogP contribution in [-0.4, -0.2) is 25.3 Å². The number of hydrogen-bond acceptors (Lipinski definition) is 4. The summed E-state index contributed by atoms with van der Waals surface area (Å²) in [7, 11) is 0. The summed E-state index contributed by atoms with van der Waals surface area (Å²) >= 11 is 18.0. The lowest BCUT2D eigenvalue weighted by Gasteiger charge is -2.11. The van der Waals surface area contributed by atoms with Gasteiger partial charge in [0.05, 0.1) is 17.8 Å². The maximum absolute atomic E-state index is 12.2. The van der Waals surface area contributed by atoms with Crippen molar-refractivity contribution in [3.8, 4) is 11.5 Å². The number of fused-ring (bicyclic) bond motifs is 1. The molecule has 1 amide bonds. The van der Waals surface area contributed by atoms with E-state index in [1.807, 2.05) is 36.4 Å². The van der Waals surface area contributed by atoms with Crippen LogP contribution in [0.15, 0.2) is 53.6 Å². The summed E-state index contributed by atoms with van der Waals surface area (Å²) in [5.41, 5.74) is 3.24. The van der Waals surface area contributed by atoms with E-state index in [1.165, 1.54) is 12.1 Å². The Morgan fingerprint density at radius 1 is 1.06 bits per heavy atom. The summed E-state index contributed by atoms with van der Waals surface area (Å²) in [5, 5.41) is 6.90. The van der Waals surface area contributed by atoms with Gasteiger partial charge in [-0.25, -0.2) is 5.43 Å². The smallest absolute Gasteiger partial charge is 0.277 e. The van der Waals surface area contributed by atoms with E-state index in [0.717, 1.165) is 29.2 Å². The first-order valence-electron chi connectivity index (χ1n) is 9.73. The minimum atomic E-state index is -0.461. The van der Waals surface area contributed by atoms with E-state index < -0.39 is 5.91 Å². The number of hydrogen-bond donors (Lipinski definition) is 1. The molecule has 0 radical (unpaired) electrons. The van der Waals surface area contributed by atoms with Crippen molar-refractivity contribution in [2.45, 2.75) is 19.8 Å². The lowest BCUT2D eigenvalue weighted by molar-refractivity contribution is -0.123. The molecule has 0 aliphatic carbocycles. The Morgan fingerprint density at radius 2 is 1.87 bits per heavy atom. The zero-order valence-electron chi connectivity index (χ0n) is 16.8. The third kappa shape index (κ3) is 6.26. The summed E-state index contributed by atoms with van der Waals surface area (Å²) < 4.78 is 11.3. The second-order valence-electron chi connectivity index (χ2n) is 6.68. The van der Waals surface area contributed by atoms with Gasteiger partial charge >= 0.3 is 0 Å². The molecule has 0 heterocycles. The number of carbonyl (C=O) groups is 1. The highest BCUT2D eigenvalue weighted by Crippen LogP contribution is 2.35. The summed E-state index contributed by atoms with van der Waals surface area (Å²) in [4.78, 5) is 12.2. The fourth-order valence-corrected chi connectivity index (χ4v) is 3.48. The monoisotopic (exact) mass is 478 g/mol. The normalized spacial score (nSPS) is 11.1. The summed E-state index contributed by atoms with van der Waals surface area (Å²) in [6, 6.07) is 14.8. The molecule has 5 nitrogen and oxygen atoms in total. The fourth-order valence-electron chi connectivity index (χ4n) is 2.84. The Kier molecular flexibility index (Phi) is 8.41. The molecule has 0 atom stereocenters. The van der Waals surface area contributed by atoms with Gasteiger partial charge in [-0.05, 0) is 29.3 Å². The van der Waals surface area contributed by atoms with Crippen molar-refractivity contribution < 1.29 is 14.3 Å². The van der Waals surface area contributed by atoms with E-state index >= 15 is 0 Å². The highest BCUT2D eigenvalue weighted by Gasteiger charge is 2.11. The number of amides is 1. The highest BCUT2D eigenvalue weighted by atomic mass is 35.5. The van der Waals surface area contributed by atoms with Crippen LogP contribution in [0.5, 0.6) is 11.5 Å². The third-order valence-corrected chi connectivity index (χ3v) is 5.39. The topological polar surface area (TPSA) is 59.9 Å². The van der Waals surface area contributed by atoms with Gasteiger partial charge in [0.15, 0.2) is 6.61 Å². The van der Waals surface area contributed by atoms with Crippen LogP contribution in [0.3, 0.4) is 0 Å². The van der Waals surface area contributed by atoms with Crippen LogP contribution in [0.1, 0.15) is 25.3 Å². The van der Waals surface area contributed by atoms with Gasteiger partial charge in [-0.3, -0.25) is 4.79 Å². The first-order chi connectivity index (χ1) is 15.0. The van der Waals surface area contributed by atoms with Gasteiger partial charge < -0.3 is 9.47 Å². The minimum Gasteiger partial charge on any atom is -0.493 e. The number of rotatable bonds is 9. The van der Waals surface area contributed by atoms with Crippen molar-refractivity contribution in [3.63, 3.8) is 0 Å². The Hall–Kier alpha value is -2.47. The van der Waals surface area contributed by atoms with Gasteiger partial charge in [-0.1, -0.05) is 78.5 Å². The van der Waals surface area contributed by atoms with Crippen LogP contribution in [0, 0.1) is 0 Å². The van der Waals surface area contributed by atoms with E-state index in [-0.39, 0.29) is 22.4 Å². The average Bonchev–Trinajstić information content (AvgIpc) is 2.76. The second-order valence-corrected chi connectivity index (χ2v) is 7.90. The van der Waals surface area contributed by atoms with Crippen molar-refractivity contribution in [2.75, 3.05) is 13.2 Å². The third-order valence-electron chi connectivity index (χ3n) is 4.39. The summed E-state index contributed by atoms with van der Waals surface area (Å²) in [5.74, 6) is 0.470. The van der Waals surface area contributed by atoms with Crippen LogP contribution in [0.25, 0.3) is 10.8 Å². The molecule has 0 saturated heterocycles. The highest BCUT2D eigenvalue weighted by molar-refractivity contribution is 6.44. The SMILES string of the molecule is CCCCOc1ccc2ccccc2c1/C=N\NC(=O)COc1cc(Cl)cc(Cl)c1Cl. The number of carbonyl (C=O) groups excluding carboxylic acids is 1. The van der Waals surface area contributed by atoms with Crippen molar-refractivity contribution in [1.82, 2.24) is 5.43 Å². The van der Waals surface area contributed by atoms with Gasteiger partial charge in [-0.2, -0.15) is 5.10 Å². The number of ether oxygens (including phenoxy) is 2. The number of benzene rings is 3. The lowest BCUT2D eigenvalue weighted by Crippen LogP contribution is -2.24. The van der Waals surface area contributed by atoms with Gasteiger partial charge in [0, 0.05) is 16.7 Å². The summed E-state index contributed by atoms with van der Waals surface area (Å²) in [6.07, 6.45) is 3.56. The van der Waals surface area contributed by atoms with Crippen molar-refractivity contribution >= 4 is 57.7 Å². The number of unbranched alkanes of at least 4 members (excludes halogenated alkanes) is 1. The average molecular weight is 480 g/mol. The zero-order chi connectivity index (χ0) is 22.2. The standard InChI is InChI=1S/C23H21Cl3N2O3/c1-2-3-10-30-20-9-8-15-6-4-5-7-17(15)18(20)13-27-28-22(29)14-31-21-12-16(24)11-19(25)23(21)26/h4-9,11-13H,2-3,10,14H2,1H3,(H,28,29)/b27-13-. The first kappa shape index (κ1) is 23.2. The first-order valence-corrected chi connectivity index (χ1v) is 10.9. The molecule has 0 aromatic heterocycles. The van der Waals surface area contributed by atoms with Gasteiger partial charge in [0.2, 0.25) is 0 Å². The molecule has 0 fully saturated rings. The largest absolute Gasteiger partial charge is 0.493 e. The molecule has 0 unspecified atom stereocenters. The Labute approximate surface area is 195 Å². The molecule has 1 N–H and O–H groups in total. The van der Waals surface area contributed by atoms with E-state index in [4.69, 9.17) is 44.3 Å². The van der Waals surface area contributed by atoms with Crippen LogP contribution in [0.4, 0.5) is 0 Å². The molecule has 0 aliphatic rings. The molecule has 8 heteroatoms. The van der Waals surface area contributed by atoms with Crippen LogP contribution < -0.4 is 14.9 Å². The van der Waals surface area contributed by atoms with Crippen molar-refractivity contribution in [3.05, 3.63) is 69.2 Å². The fraction of sp³-hybridized carbons (Fsp3) is 0.217. The van der Waals surface area contributed by atoms with Crippen LogP contribution in [0.2, 0.25) is 15.1 Å². The molecule has 0 bridgehead atoms. The van der Waals surface area contributed by atoms with Crippen molar-refractivity contribution in [2.24, 2.45) is 5.10 Å². The second kappa shape index (κ2) is 11.2. The molecule has 0 spiro atoms. The van der Waals surface area contributed by atoms with E-state index in [9.17, 15) is 4.79 Å². The quantitative estimate of drug-likeness (QED) is 0.165. The number of nitrogens with zero attached hydrogens (tertiary/aromatic N) is 1. The number of hydrazone groups is 1. The van der Waals surface area contributed by atoms with Crippen LogP contribution in [-0.2, 0) is 4.79 Å². The molecule has 3 aromatic carbocycles. The van der Waals surface area contributed by atoms with Crippen molar-refractivity contribution in [1.29, 1.82) is 0 Å². The molecule has 0 aliphatic heterocycles. The summed E-state index contributed by atoms with van der Waals surface area (Å²) in [6.45, 7) is 2.41. The van der Waals surface area contributed by atoms with Gasteiger partial charge in [0.25, 0.3) is 5.91 Å². The maximum Gasteiger partial charge on any atom is 0.277 e.